The first-order valence-electron chi connectivity index (χ1n) is 5.83. The van der Waals surface area contributed by atoms with Gasteiger partial charge in [0.05, 0.1) is 27.7 Å². The van der Waals surface area contributed by atoms with Gasteiger partial charge in [-0.05, 0) is 37.6 Å². The molecule has 0 aliphatic carbocycles. The average molecular weight is 307 g/mol. The largest absolute Gasteiger partial charge is 0.250 e. The van der Waals surface area contributed by atoms with Gasteiger partial charge in [-0.1, -0.05) is 0 Å². The van der Waals surface area contributed by atoms with Crippen LogP contribution in [-0.4, -0.2) is 13.4 Å². The van der Waals surface area contributed by atoms with Crippen molar-refractivity contribution in [3.8, 4) is 6.07 Å². The van der Waals surface area contributed by atoms with Crippen molar-refractivity contribution < 1.29 is 8.42 Å². The molecule has 1 aromatic heterocycles. The van der Waals surface area contributed by atoms with Crippen LogP contribution in [0.25, 0.3) is 0 Å². The Hall–Kier alpha value is -1.75. The van der Waals surface area contributed by atoms with Crippen molar-refractivity contribution in [3.05, 3.63) is 45.4 Å². The number of hydrogen-bond acceptors (Lipinski definition) is 5. The Kier molecular flexibility index (Phi) is 4.18. The van der Waals surface area contributed by atoms with Gasteiger partial charge in [-0.25, -0.2) is 18.1 Å². The van der Waals surface area contributed by atoms with E-state index in [4.69, 9.17) is 5.26 Å². The lowest BCUT2D eigenvalue weighted by Gasteiger charge is -2.07. The predicted molar refractivity (Wildman–Crippen MR) is 76.8 cm³/mol. The van der Waals surface area contributed by atoms with Gasteiger partial charge >= 0.3 is 0 Å². The minimum absolute atomic E-state index is 0.163. The van der Waals surface area contributed by atoms with E-state index in [9.17, 15) is 8.42 Å². The first kappa shape index (κ1) is 14.7. The molecular weight excluding hydrogens is 294 g/mol. The fourth-order valence-corrected chi connectivity index (χ4v) is 3.56. The third-order valence-electron chi connectivity index (χ3n) is 2.90. The van der Waals surface area contributed by atoms with Gasteiger partial charge in [0.15, 0.2) is 0 Å². The topological polar surface area (TPSA) is 82.8 Å². The first-order valence-corrected chi connectivity index (χ1v) is 8.19. The van der Waals surface area contributed by atoms with Crippen LogP contribution in [0.2, 0.25) is 0 Å². The van der Waals surface area contributed by atoms with Gasteiger partial charge < -0.3 is 0 Å². The van der Waals surface area contributed by atoms with Crippen LogP contribution in [0.15, 0.2) is 28.6 Å². The lowest BCUT2D eigenvalue weighted by molar-refractivity contribution is 0.581. The molecule has 0 unspecified atom stereocenters. The van der Waals surface area contributed by atoms with Gasteiger partial charge in [-0.15, -0.1) is 11.3 Å². The van der Waals surface area contributed by atoms with Crippen molar-refractivity contribution in [3.63, 3.8) is 0 Å². The average Bonchev–Trinajstić information content (AvgIpc) is 2.82. The number of sulfonamides is 1. The van der Waals surface area contributed by atoms with E-state index in [0.29, 0.717) is 11.1 Å². The molecule has 0 aliphatic heterocycles. The van der Waals surface area contributed by atoms with E-state index in [1.54, 1.807) is 12.4 Å². The van der Waals surface area contributed by atoms with Gasteiger partial charge in [0.25, 0.3) is 0 Å². The number of nitrogens with zero attached hydrogens (tertiary/aromatic N) is 2. The van der Waals surface area contributed by atoms with Gasteiger partial charge in [0.2, 0.25) is 10.0 Å². The maximum absolute atomic E-state index is 12.2. The smallest absolute Gasteiger partial charge is 0.240 e. The number of aromatic nitrogens is 1. The molecule has 0 bridgehead atoms. The van der Waals surface area contributed by atoms with Crippen molar-refractivity contribution in [2.24, 2.45) is 0 Å². The molecule has 5 nitrogen and oxygen atoms in total. The summed E-state index contributed by atoms with van der Waals surface area (Å²) in [5.41, 5.74) is 3.63. The van der Waals surface area contributed by atoms with Gasteiger partial charge in [-0.2, -0.15) is 5.26 Å². The van der Waals surface area contributed by atoms with E-state index in [-0.39, 0.29) is 11.4 Å². The third kappa shape index (κ3) is 3.04. The molecule has 2 rings (SSSR count). The van der Waals surface area contributed by atoms with E-state index in [1.807, 2.05) is 13.0 Å². The molecule has 0 fully saturated rings. The normalized spacial score (nSPS) is 11.2. The predicted octanol–water partition coefficient (Wildman–Crippen LogP) is 2.11. The fourth-order valence-electron chi connectivity index (χ4n) is 1.67. The van der Waals surface area contributed by atoms with Crippen LogP contribution in [0.5, 0.6) is 0 Å². The summed E-state index contributed by atoms with van der Waals surface area (Å²) in [5, 5.41) is 8.85. The molecule has 0 radical (unpaired) electrons. The molecule has 2 aromatic rings. The summed E-state index contributed by atoms with van der Waals surface area (Å²) >= 11 is 1.41. The SMILES string of the molecule is Cc1cc(S(=O)(=O)NCc2scnc2C)ccc1C#N. The Labute approximate surface area is 122 Å². The molecule has 7 heteroatoms. The number of benzene rings is 1. The minimum atomic E-state index is -3.58. The maximum atomic E-state index is 12.2. The van der Waals surface area contributed by atoms with Gasteiger partial charge in [0, 0.05) is 11.4 Å². The summed E-state index contributed by atoms with van der Waals surface area (Å²) in [7, 11) is -3.58. The van der Waals surface area contributed by atoms with Crippen LogP contribution in [0.1, 0.15) is 21.7 Å². The van der Waals surface area contributed by atoms with Crippen LogP contribution in [-0.2, 0) is 16.6 Å². The molecule has 0 saturated carbocycles. The van der Waals surface area contributed by atoms with E-state index in [2.05, 4.69) is 9.71 Å². The van der Waals surface area contributed by atoms with Crippen molar-refractivity contribution in [1.29, 1.82) is 5.26 Å². The molecule has 0 amide bonds. The summed E-state index contributed by atoms with van der Waals surface area (Å²) < 4.78 is 26.9. The molecule has 1 heterocycles. The van der Waals surface area contributed by atoms with Crippen LogP contribution in [0.4, 0.5) is 0 Å². The molecular formula is C13H13N3O2S2. The zero-order chi connectivity index (χ0) is 14.8. The van der Waals surface area contributed by atoms with Crippen molar-refractivity contribution in [2.45, 2.75) is 25.3 Å². The summed E-state index contributed by atoms with van der Waals surface area (Å²) in [5.74, 6) is 0. The van der Waals surface area contributed by atoms with Crippen LogP contribution >= 0.6 is 11.3 Å². The van der Waals surface area contributed by atoms with Crippen molar-refractivity contribution in [1.82, 2.24) is 9.71 Å². The molecule has 1 N–H and O–H groups in total. The number of nitriles is 1. The minimum Gasteiger partial charge on any atom is -0.250 e. The Bertz CT molecular complexity index is 773. The number of hydrogen-bond donors (Lipinski definition) is 1. The maximum Gasteiger partial charge on any atom is 0.240 e. The zero-order valence-electron chi connectivity index (χ0n) is 11.0. The van der Waals surface area contributed by atoms with Gasteiger partial charge in [-0.3, -0.25) is 0 Å². The molecule has 1 aromatic carbocycles. The number of rotatable bonds is 4. The number of nitrogens with one attached hydrogen (secondary N) is 1. The zero-order valence-corrected chi connectivity index (χ0v) is 12.7. The fraction of sp³-hybridized carbons (Fsp3) is 0.231. The van der Waals surface area contributed by atoms with Crippen molar-refractivity contribution in [2.75, 3.05) is 0 Å². The number of thiazole rings is 1. The van der Waals surface area contributed by atoms with E-state index in [0.717, 1.165) is 10.6 Å². The molecule has 0 spiro atoms. The Morgan fingerprint density at radius 1 is 1.40 bits per heavy atom. The molecule has 0 saturated heterocycles. The molecule has 0 atom stereocenters. The summed E-state index contributed by atoms with van der Waals surface area (Å²) in [6, 6.07) is 6.47. The highest BCUT2D eigenvalue weighted by molar-refractivity contribution is 7.89. The van der Waals surface area contributed by atoms with Crippen LogP contribution in [0.3, 0.4) is 0 Å². The molecule has 104 valence electrons. The van der Waals surface area contributed by atoms with Crippen molar-refractivity contribution >= 4 is 21.4 Å². The monoisotopic (exact) mass is 307 g/mol. The first-order chi connectivity index (χ1) is 9.44. The second-order valence-electron chi connectivity index (χ2n) is 4.27. The standard InChI is InChI=1S/C13H13N3O2S2/c1-9-5-12(4-3-11(9)6-14)20(17,18)16-7-13-10(2)15-8-19-13/h3-5,8,16H,7H2,1-2H3. The number of aryl methyl sites for hydroxylation is 2. The van der Waals surface area contributed by atoms with E-state index in [1.165, 1.54) is 29.5 Å². The second kappa shape index (κ2) is 5.71. The second-order valence-corrected chi connectivity index (χ2v) is 6.98. The summed E-state index contributed by atoms with van der Waals surface area (Å²) in [4.78, 5) is 5.13. The third-order valence-corrected chi connectivity index (χ3v) is 5.23. The highest BCUT2D eigenvalue weighted by Crippen LogP contribution is 2.17. The summed E-state index contributed by atoms with van der Waals surface area (Å²) in [6.07, 6.45) is 0. The molecule has 20 heavy (non-hydrogen) atoms. The van der Waals surface area contributed by atoms with Crippen LogP contribution < -0.4 is 4.72 Å². The summed E-state index contributed by atoms with van der Waals surface area (Å²) in [6.45, 7) is 3.77. The highest BCUT2D eigenvalue weighted by atomic mass is 32.2. The quantitative estimate of drug-likeness (QED) is 0.937. The molecule has 0 aliphatic rings. The lowest BCUT2D eigenvalue weighted by atomic mass is 10.1. The Morgan fingerprint density at radius 2 is 2.15 bits per heavy atom. The van der Waals surface area contributed by atoms with E-state index >= 15 is 0 Å². The Morgan fingerprint density at radius 3 is 2.70 bits per heavy atom. The lowest BCUT2D eigenvalue weighted by Crippen LogP contribution is -2.23. The Balaban J connectivity index is 2.21. The van der Waals surface area contributed by atoms with Crippen LogP contribution in [0, 0.1) is 25.2 Å². The van der Waals surface area contributed by atoms with E-state index < -0.39 is 10.0 Å². The highest BCUT2D eigenvalue weighted by Gasteiger charge is 2.15. The van der Waals surface area contributed by atoms with Gasteiger partial charge in [0.1, 0.15) is 0 Å².